The van der Waals surface area contributed by atoms with Crippen molar-refractivity contribution in [3.05, 3.63) is 24.0 Å². The zero-order chi connectivity index (χ0) is 9.56. The van der Waals surface area contributed by atoms with E-state index < -0.39 is 0 Å². The third-order valence-electron chi connectivity index (χ3n) is 1.31. The summed E-state index contributed by atoms with van der Waals surface area (Å²) in [5.41, 5.74) is 7.51. The van der Waals surface area contributed by atoms with Crippen LogP contribution >= 0.6 is 0 Å². The maximum absolute atomic E-state index is 8.78. The van der Waals surface area contributed by atoms with Crippen LogP contribution < -0.4 is 5.73 Å². The Kier molecular flexibility index (Phi) is 5.04. The second kappa shape index (κ2) is 5.55. The number of hydrogen-bond acceptors (Lipinski definition) is 3. The number of aliphatic imine (C=N–C) groups is 1. The molecule has 0 aromatic heterocycles. The number of nitrogens with two attached hydrogens (primary N) is 1. The van der Waals surface area contributed by atoms with E-state index >= 15 is 0 Å². The molecule has 0 aromatic rings. The molecular weight excluding hydrogens is 152 g/mol. The molecule has 0 spiro atoms. The summed E-state index contributed by atoms with van der Waals surface area (Å²) in [4.78, 5) is 4.14. The van der Waals surface area contributed by atoms with Crippen molar-refractivity contribution < 1.29 is 5.11 Å². The van der Waals surface area contributed by atoms with Gasteiger partial charge < -0.3 is 10.8 Å². The zero-order valence-corrected chi connectivity index (χ0v) is 7.67. The van der Waals surface area contributed by atoms with Gasteiger partial charge in [0.15, 0.2) is 0 Å². The van der Waals surface area contributed by atoms with Crippen LogP contribution in [-0.2, 0) is 0 Å². The van der Waals surface area contributed by atoms with Crippen molar-refractivity contribution in [1.82, 2.24) is 0 Å². The first-order valence-electron chi connectivity index (χ1n) is 3.83. The van der Waals surface area contributed by atoms with Crippen LogP contribution in [0.4, 0.5) is 0 Å². The largest absolute Gasteiger partial charge is 0.402 e. The van der Waals surface area contributed by atoms with E-state index in [9.17, 15) is 0 Å². The van der Waals surface area contributed by atoms with Gasteiger partial charge in [0, 0.05) is 17.8 Å². The van der Waals surface area contributed by atoms with Crippen LogP contribution in [0.5, 0.6) is 0 Å². The van der Waals surface area contributed by atoms with Gasteiger partial charge in [-0.25, -0.2) is 0 Å². The minimum absolute atomic E-state index is 0.0368. The average molecular weight is 168 g/mol. The third-order valence-corrected chi connectivity index (χ3v) is 1.31. The quantitative estimate of drug-likeness (QED) is 0.620. The van der Waals surface area contributed by atoms with Gasteiger partial charge in [-0.2, -0.15) is 0 Å². The molecule has 0 aliphatic carbocycles. The molecule has 0 saturated heterocycles. The van der Waals surface area contributed by atoms with Gasteiger partial charge in [-0.05, 0) is 13.8 Å². The molecule has 12 heavy (non-hydrogen) atoms. The summed E-state index contributed by atoms with van der Waals surface area (Å²) in [6.45, 7) is 7.22. The molecule has 0 atom stereocenters. The first kappa shape index (κ1) is 10.9. The fraction of sp³-hybridized carbons (Fsp3) is 0.444. The number of hydrogen-bond donors (Lipinski definition) is 2. The number of aliphatic hydroxyl groups is 1. The highest BCUT2D eigenvalue weighted by atomic mass is 16.3. The van der Waals surface area contributed by atoms with Gasteiger partial charge in [0.05, 0.1) is 12.3 Å². The molecule has 0 aliphatic heterocycles. The Bertz CT molecular complexity index is 217. The lowest BCUT2D eigenvalue weighted by molar-refractivity contribution is 0.330. The van der Waals surface area contributed by atoms with Crippen molar-refractivity contribution in [1.29, 1.82) is 0 Å². The van der Waals surface area contributed by atoms with E-state index in [1.165, 1.54) is 0 Å². The van der Waals surface area contributed by atoms with Crippen molar-refractivity contribution in [2.75, 3.05) is 6.61 Å². The number of rotatable bonds is 4. The van der Waals surface area contributed by atoms with Crippen LogP contribution in [0.15, 0.2) is 29.0 Å². The van der Waals surface area contributed by atoms with Gasteiger partial charge in [0.25, 0.3) is 0 Å². The lowest BCUT2D eigenvalue weighted by Crippen LogP contribution is -2.02. The predicted molar refractivity (Wildman–Crippen MR) is 51.9 cm³/mol. The highest BCUT2D eigenvalue weighted by Crippen LogP contribution is 2.00. The molecule has 0 amide bonds. The normalized spacial score (nSPS) is 13.2. The monoisotopic (exact) mass is 168 g/mol. The Morgan fingerprint density at radius 1 is 1.67 bits per heavy atom. The van der Waals surface area contributed by atoms with E-state index in [1.54, 1.807) is 6.08 Å². The van der Waals surface area contributed by atoms with Crippen LogP contribution in [0.1, 0.15) is 20.3 Å². The SMILES string of the molecule is C=C(N)C/C(C)=N/C(=C\C)CO. The molecule has 3 heteroatoms. The van der Waals surface area contributed by atoms with E-state index in [2.05, 4.69) is 11.6 Å². The van der Waals surface area contributed by atoms with Crippen molar-refractivity contribution in [3.63, 3.8) is 0 Å². The first-order chi connectivity index (χ1) is 5.60. The van der Waals surface area contributed by atoms with Gasteiger partial charge in [-0.15, -0.1) is 0 Å². The van der Waals surface area contributed by atoms with Gasteiger partial charge in [-0.1, -0.05) is 12.7 Å². The van der Waals surface area contributed by atoms with Gasteiger partial charge >= 0.3 is 0 Å². The molecule has 0 radical (unpaired) electrons. The average Bonchev–Trinajstić information content (AvgIpc) is 1.98. The van der Waals surface area contributed by atoms with Crippen LogP contribution in [-0.4, -0.2) is 17.4 Å². The molecule has 0 bridgehead atoms. The zero-order valence-electron chi connectivity index (χ0n) is 7.67. The molecule has 0 heterocycles. The Hall–Kier alpha value is -1.09. The summed E-state index contributed by atoms with van der Waals surface area (Å²) in [7, 11) is 0. The third kappa shape index (κ3) is 4.68. The predicted octanol–water partition coefficient (Wildman–Crippen LogP) is 1.21. The Balaban J connectivity index is 4.23. The standard InChI is InChI=1S/C9H16N2O/c1-4-9(6-12)11-8(3)5-7(2)10/h4,12H,2,5-6,10H2,1,3H3/b9-4-,11-8+. The van der Waals surface area contributed by atoms with E-state index in [0.717, 1.165) is 5.71 Å². The molecule has 0 rings (SSSR count). The summed E-state index contributed by atoms with van der Waals surface area (Å²) < 4.78 is 0. The minimum Gasteiger partial charge on any atom is -0.402 e. The van der Waals surface area contributed by atoms with Gasteiger partial charge in [0.2, 0.25) is 0 Å². The van der Waals surface area contributed by atoms with Crippen LogP contribution in [0.25, 0.3) is 0 Å². The molecule has 0 aliphatic rings. The molecular formula is C9H16N2O. The summed E-state index contributed by atoms with van der Waals surface area (Å²) >= 11 is 0. The van der Waals surface area contributed by atoms with E-state index in [-0.39, 0.29) is 6.61 Å². The van der Waals surface area contributed by atoms with Crippen molar-refractivity contribution in [2.24, 2.45) is 10.7 Å². The second-order valence-corrected chi connectivity index (χ2v) is 2.62. The lowest BCUT2D eigenvalue weighted by Gasteiger charge is -2.00. The van der Waals surface area contributed by atoms with E-state index in [1.807, 2.05) is 13.8 Å². The molecule has 0 aromatic carbocycles. The smallest absolute Gasteiger partial charge is 0.0849 e. The Morgan fingerprint density at radius 3 is 2.58 bits per heavy atom. The number of nitrogens with zero attached hydrogens (tertiary/aromatic N) is 1. The van der Waals surface area contributed by atoms with Crippen molar-refractivity contribution >= 4 is 5.71 Å². The highest BCUT2D eigenvalue weighted by Gasteiger charge is 1.94. The van der Waals surface area contributed by atoms with Crippen molar-refractivity contribution in [2.45, 2.75) is 20.3 Å². The molecule has 0 saturated carbocycles. The molecule has 68 valence electrons. The summed E-state index contributed by atoms with van der Waals surface area (Å²) in [5.74, 6) is 0. The van der Waals surface area contributed by atoms with Crippen LogP contribution in [0, 0.1) is 0 Å². The lowest BCUT2D eigenvalue weighted by atomic mass is 10.2. The number of aliphatic hydroxyl groups excluding tert-OH is 1. The summed E-state index contributed by atoms with van der Waals surface area (Å²) in [6.07, 6.45) is 2.35. The minimum atomic E-state index is -0.0368. The van der Waals surface area contributed by atoms with Gasteiger partial charge in [0.1, 0.15) is 0 Å². The fourth-order valence-corrected chi connectivity index (χ4v) is 0.804. The second-order valence-electron chi connectivity index (χ2n) is 2.62. The van der Waals surface area contributed by atoms with Crippen LogP contribution in [0.3, 0.4) is 0 Å². The molecule has 0 fully saturated rings. The van der Waals surface area contributed by atoms with E-state index in [4.69, 9.17) is 10.8 Å². The first-order valence-corrected chi connectivity index (χ1v) is 3.83. The Labute approximate surface area is 73.3 Å². The summed E-state index contributed by atoms with van der Waals surface area (Å²) in [5, 5.41) is 8.78. The summed E-state index contributed by atoms with van der Waals surface area (Å²) in [6, 6.07) is 0. The topological polar surface area (TPSA) is 58.6 Å². The number of allylic oxidation sites excluding steroid dienone is 2. The highest BCUT2D eigenvalue weighted by molar-refractivity contribution is 5.84. The molecule has 0 unspecified atom stereocenters. The van der Waals surface area contributed by atoms with E-state index in [0.29, 0.717) is 17.8 Å². The molecule has 3 nitrogen and oxygen atoms in total. The molecule has 3 N–H and O–H groups in total. The van der Waals surface area contributed by atoms with Crippen LogP contribution in [0.2, 0.25) is 0 Å². The van der Waals surface area contributed by atoms with Gasteiger partial charge in [-0.3, -0.25) is 4.99 Å². The maximum atomic E-state index is 8.78. The Morgan fingerprint density at radius 2 is 2.25 bits per heavy atom. The van der Waals surface area contributed by atoms with Crippen molar-refractivity contribution in [3.8, 4) is 0 Å². The maximum Gasteiger partial charge on any atom is 0.0849 e. The fourth-order valence-electron chi connectivity index (χ4n) is 0.804.